The topological polar surface area (TPSA) is 114 Å². The molecule has 1 aliphatic rings. The molecule has 1 aliphatic heterocycles. The molecule has 3 rings (SSSR count). The number of benzene rings is 1. The van der Waals surface area contributed by atoms with Gasteiger partial charge in [-0.2, -0.15) is 0 Å². The van der Waals surface area contributed by atoms with Crippen LogP contribution in [0, 0.1) is 23.0 Å². The Balaban J connectivity index is 1.90. The minimum Gasteiger partial charge on any atom is -0.480 e. The lowest BCUT2D eigenvalue weighted by Crippen LogP contribution is -2.44. The number of thioether (sulfide) groups is 1. The SMILES string of the molecule is Cc1ccc(-c2ccc(/C=C3/SC(=S)N([C@H](CC(C)C)C(=O)O)C3=O)o2)c([N+](=O)[O-])c1. The first-order valence-electron chi connectivity index (χ1n) is 9.43. The fourth-order valence-electron chi connectivity index (χ4n) is 3.22. The van der Waals surface area contributed by atoms with Crippen molar-refractivity contribution in [3.8, 4) is 11.3 Å². The molecule has 2 aromatic rings. The molecular weight excluding hydrogens is 440 g/mol. The smallest absolute Gasteiger partial charge is 0.326 e. The van der Waals surface area contributed by atoms with Gasteiger partial charge in [0.15, 0.2) is 0 Å². The second kappa shape index (κ2) is 9.03. The van der Waals surface area contributed by atoms with Crippen LogP contribution in [0.5, 0.6) is 0 Å². The highest BCUT2D eigenvalue weighted by Gasteiger charge is 2.40. The Morgan fingerprint density at radius 3 is 2.68 bits per heavy atom. The summed E-state index contributed by atoms with van der Waals surface area (Å²) in [5.74, 6) is -0.953. The maximum Gasteiger partial charge on any atom is 0.326 e. The number of aryl methyl sites for hydroxylation is 1. The van der Waals surface area contributed by atoms with E-state index in [2.05, 4.69) is 0 Å². The standard InChI is InChI=1S/C21H20N2O6S2/c1-11(2)8-16(20(25)26)22-19(24)18(31-21(22)30)10-13-5-7-17(29-13)14-6-4-12(3)9-15(14)23(27)28/h4-7,9-11,16H,8H2,1-3H3,(H,25,26)/b18-10+/t16-/m1/s1. The average molecular weight is 461 g/mol. The Labute approximate surface area is 188 Å². The van der Waals surface area contributed by atoms with Gasteiger partial charge in [0.1, 0.15) is 21.9 Å². The molecule has 1 saturated heterocycles. The highest BCUT2D eigenvalue weighted by Crippen LogP contribution is 2.37. The molecule has 31 heavy (non-hydrogen) atoms. The number of thiocarbonyl (C=S) groups is 1. The Bertz CT molecular complexity index is 1110. The maximum absolute atomic E-state index is 12.9. The second-order valence-electron chi connectivity index (χ2n) is 7.52. The van der Waals surface area contributed by atoms with E-state index in [9.17, 15) is 24.8 Å². The Morgan fingerprint density at radius 2 is 2.06 bits per heavy atom. The van der Waals surface area contributed by atoms with E-state index in [4.69, 9.17) is 16.6 Å². The van der Waals surface area contributed by atoms with Gasteiger partial charge in [-0.25, -0.2) is 4.79 Å². The third-order valence-electron chi connectivity index (χ3n) is 4.63. The lowest BCUT2D eigenvalue weighted by molar-refractivity contribution is -0.384. The van der Waals surface area contributed by atoms with Crippen LogP contribution in [0.4, 0.5) is 5.69 Å². The van der Waals surface area contributed by atoms with Crippen LogP contribution in [0.2, 0.25) is 0 Å². The quantitative estimate of drug-likeness (QED) is 0.270. The van der Waals surface area contributed by atoms with Gasteiger partial charge in [-0.3, -0.25) is 19.8 Å². The molecule has 2 heterocycles. The van der Waals surface area contributed by atoms with Crippen LogP contribution in [0.3, 0.4) is 0 Å². The number of hydrogen-bond acceptors (Lipinski definition) is 7. The minimum atomic E-state index is -1.11. The van der Waals surface area contributed by atoms with Crippen molar-refractivity contribution in [1.29, 1.82) is 0 Å². The molecule has 1 atom stereocenters. The van der Waals surface area contributed by atoms with Crippen molar-refractivity contribution in [1.82, 2.24) is 4.90 Å². The third-order valence-corrected chi connectivity index (χ3v) is 5.96. The molecule has 1 aromatic carbocycles. The summed E-state index contributed by atoms with van der Waals surface area (Å²) >= 11 is 6.26. The number of hydrogen-bond donors (Lipinski definition) is 1. The first-order valence-corrected chi connectivity index (χ1v) is 10.7. The predicted octanol–water partition coefficient (Wildman–Crippen LogP) is 4.86. The van der Waals surface area contributed by atoms with E-state index in [0.717, 1.165) is 22.2 Å². The van der Waals surface area contributed by atoms with E-state index in [1.807, 2.05) is 13.8 Å². The van der Waals surface area contributed by atoms with Crippen molar-refractivity contribution in [2.24, 2.45) is 5.92 Å². The Kier molecular flexibility index (Phi) is 6.61. The molecular formula is C21H20N2O6S2. The van der Waals surface area contributed by atoms with Crippen LogP contribution in [-0.4, -0.2) is 37.2 Å². The van der Waals surface area contributed by atoms with E-state index in [0.29, 0.717) is 11.3 Å². The number of aliphatic carboxylic acids is 1. The van der Waals surface area contributed by atoms with E-state index in [-0.39, 0.29) is 33.0 Å². The number of furan rings is 1. The van der Waals surface area contributed by atoms with Crippen molar-refractivity contribution >= 4 is 51.9 Å². The number of carboxylic acids is 1. The summed E-state index contributed by atoms with van der Waals surface area (Å²) in [6, 6.07) is 6.96. The Morgan fingerprint density at radius 1 is 1.35 bits per heavy atom. The summed E-state index contributed by atoms with van der Waals surface area (Å²) in [6.45, 7) is 5.51. The number of nitro benzene ring substituents is 1. The van der Waals surface area contributed by atoms with Crippen LogP contribution in [0.1, 0.15) is 31.6 Å². The summed E-state index contributed by atoms with van der Waals surface area (Å²) in [6.07, 6.45) is 1.74. The van der Waals surface area contributed by atoms with Gasteiger partial charge in [0.25, 0.3) is 11.6 Å². The van der Waals surface area contributed by atoms with E-state index >= 15 is 0 Å². The highest BCUT2D eigenvalue weighted by molar-refractivity contribution is 8.26. The van der Waals surface area contributed by atoms with Gasteiger partial charge in [-0.05, 0) is 43.0 Å². The molecule has 1 aromatic heterocycles. The van der Waals surface area contributed by atoms with E-state index in [1.165, 1.54) is 12.1 Å². The van der Waals surface area contributed by atoms with E-state index < -0.39 is 22.8 Å². The summed E-state index contributed by atoms with van der Waals surface area (Å²) in [4.78, 5) is 36.8. The fraction of sp³-hybridized carbons (Fsp3) is 0.286. The number of carboxylic acid groups (broad SMARTS) is 1. The predicted molar refractivity (Wildman–Crippen MR) is 121 cm³/mol. The van der Waals surface area contributed by atoms with Crippen molar-refractivity contribution in [3.05, 3.63) is 56.7 Å². The number of carbonyl (C=O) groups excluding carboxylic acids is 1. The first-order chi connectivity index (χ1) is 14.6. The maximum atomic E-state index is 12.9. The molecule has 10 heteroatoms. The first kappa shape index (κ1) is 22.7. The van der Waals surface area contributed by atoms with Crippen molar-refractivity contribution in [2.75, 3.05) is 0 Å². The highest BCUT2D eigenvalue weighted by atomic mass is 32.2. The van der Waals surface area contributed by atoms with Gasteiger partial charge in [0.05, 0.1) is 15.4 Å². The zero-order chi connectivity index (χ0) is 22.9. The summed E-state index contributed by atoms with van der Waals surface area (Å²) < 4.78 is 5.90. The number of carbonyl (C=O) groups is 2. The van der Waals surface area contributed by atoms with Crippen molar-refractivity contribution in [3.63, 3.8) is 0 Å². The molecule has 0 unspecified atom stereocenters. The van der Waals surface area contributed by atoms with Crippen LogP contribution in [0.25, 0.3) is 17.4 Å². The van der Waals surface area contributed by atoms with Crippen LogP contribution >= 0.6 is 24.0 Å². The number of nitrogens with zero attached hydrogens (tertiary/aromatic N) is 2. The third kappa shape index (κ3) is 4.86. The molecule has 162 valence electrons. The molecule has 0 radical (unpaired) electrons. The van der Waals surface area contributed by atoms with Crippen LogP contribution < -0.4 is 0 Å². The number of nitro groups is 1. The van der Waals surface area contributed by atoms with Crippen LogP contribution in [0.15, 0.2) is 39.7 Å². The van der Waals surface area contributed by atoms with Gasteiger partial charge in [-0.1, -0.05) is 43.9 Å². The molecule has 0 saturated carbocycles. The summed E-state index contributed by atoms with van der Waals surface area (Å²) in [5.41, 5.74) is 0.996. The lowest BCUT2D eigenvalue weighted by atomic mass is 10.0. The van der Waals surface area contributed by atoms with Gasteiger partial charge in [0, 0.05) is 12.1 Å². The van der Waals surface area contributed by atoms with E-state index in [1.54, 1.807) is 31.2 Å². The minimum absolute atomic E-state index is 0.0626. The molecule has 8 nitrogen and oxygen atoms in total. The average Bonchev–Trinajstić information content (AvgIpc) is 3.24. The Hall–Kier alpha value is -2.98. The zero-order valence-electron chi connectivity index (χ0n) is 17.0. The van der Waals surface area contributed by atoms with Crippen molar-refractivity contribution < 1.29 is 24.0 Å². The molecule has 0 bridgehead atoms. The summed E-state index contributed by atoms with van der Waals surface area (Å²) in [7, 11) is 0. The summed E-state index contributed by atoms with van der Waals surface area (Å²) in [5, 5.41) is 20.9. The lowest BCUT2D eigenvalue weighted by Gasteiger charge is -2.24. The number of rotatable bonds is 7. The van der Waals surface area contributed by atoms with Crippen molar-refractivity contribution in [2.45, 2.75) is 33.2 Å². The van der Waals surface area contributed by atoms with Gasteiger partial charge in [0.2, 0.25) is 0 Å². The normalized spacial score (nSPS) is 16.4. The monoisotopic (exact) mass is 460 g/mol. The fourth-order valence-corrected chi connectivity index (χ4v) is 4.55. The van der Waals surface area contributed by atoms with Gasteiger partial charge in [-0.15, -0.1) is 0 Å². The number of amides is 1. The molecule has 1 N–H and O–H groups in total. The van der Waals surface area contributed by atoms with Gasteiger partial charge < -0.3 is 9.52 Å². The molecule has 1 amide bonds. The zero-order valence-corrected chi connectivity index (χ0v) is 18.7. The van der Waals surface area contributed by atoms with Gasteiger partial charge >= 0.3 is 5.97 Å². The molecule has 1 fully saturated rings. The molecule has 0 aliphatic carbocycles. The van der Waals surface area contributed by atoms with Crippen LogP contribution in [-0.2, 0) is 9.59 Å². The second-order valence-corrected chi connectivity index (χ2v) is 9.19. The largest absolute Gasteiger partial charge is 0.480 e. The molecule has 0 spiro atoms.